The second-order valence-electron chi connectivity index (χ2n) is 10.1. The first-order chi connectivity index (χ1) is 16.7. The Morgan fingerprint density at radius 3 is 1.73 bits per heavy atom. The zero-order chi connectivity index (χ0) is 25.4. The van der Waals surface area contributed by atoms with E-state index in [-0.39, 0.29) is 24.8 Å². The van der Waals surface area contributed by atoms with Crippen LogP contribution in [0.15, 0.2) is 102 Å². The van der Waals surface area contributed by atoms with Crippen molar-refractivity contribution >= 4 is 24.8 Å². The topological polar surface area (TPSA) is 0 Å². The van der Waals surface area contributed by atoms with E-state index in [0.717, 1.165) is 6.42 Å². The largest absolute Gasteiger partial charge is 1.00 e. The number of hydrogen-bond acceptors (Lipinski definition) is 0. The SMILES string of the molecule is CCC1=[C-]C(C)C=C1C(C)(C)C.CC[C](=[Zr+2])c1ccccc1.[Cl-].[Cl-].c1ccc2c(c1)[cH-]c1ccccc12. The minimum Gasteiger partial charge on any atom is -1.00 e. The number of halogens is 2. The third-order valence-corrected chi connectivity index (χ3v) is 7.88. The second kappa shape index (κ2) is 15.7. The molecule has 4 aromatic carbocycles. The average molecular weight is 609 g/mol. The third-order valence-electron chi connectivity index (χ3n) is 6.30. The molecule has 1 aliphatic carbocycles. The molecule has 1 aliphatic rings. The fourth-order valence-corrected chi connectivity index (χ4v) is 4.90. The Morgan fingerprint density at radius 1 is 0.811 bits per heavy atom. The molecule has 0 heterocycles. The molecule has 0 saturated carbocycles. The van der Waals surface area contributed by atoms with Crippen molar-refractivity contribution in [1.29, 1.82) is 0 Å². The Kier molecular flexibility index (Phi) is 14.1. The summed E-state index contributed by atoms with van der Waals surface area (Å²) in [5.41, 5.74) is 4.62. The van der Waals surface area contributed by atoms with E-state index in [9.17, 15) is 0 Å². The van der Waals surface area contributed by atoms with Gasteiger partial charge in [-0.3, -0.25) is 6.08 Å². The van der Waals surface area contributed by atoms with E-state index < -0.39 is 0 Å². The summed E-state index contributed by atoms with van der Waals surface area (Å²) in [4.78, 5) is 0. The zero-order valence-electron chi connectivity index (χ0n) is 22.9. The van der Waals surface area contributed by atoms with E-state index in [1.807, 2.05) is 0 Å². The van der Waals surface area contributed by atoms with E-state index in [4.69, 9.17) is 0 Å². The first-order valence-electron chi connectivity index (χ1n) is 12.8. The summed E-state index contributed by atoms with van der Waals surface area (Å²) in [6, 6.07) is 29.9. The van der Waals surface area contributed by atoms with Crippen molar-refractivity contribution in [2.45, 2.75) is 54.4 Å². The fraction of sp³-hybridized carbons (Fsp3) is 0.294. The fourth-order valence-electron chi connectivity index (χ4n) is 4.49. The molecule has 3 heteroatoms. The molecule has 0 fully saturated rings. The van der Waals surface area contributed by atoms with Crippen LogP contribution in [0.25, 0.3) is 21.5 Å². The first-order valence-corrected chi connectivity index (χ1v) is 14.0. The molecule has 1 unspecified atom stereocenters. The summed E-state index contributed by atoms with van der Waals surface area (Å²) in [5, 5.41) is 5.39. The number of allylic oxidation sites excluding steroid dienone is 4. The molecule has 0 spiro atoms. The van der Waals surface area contributed by atoms with Gasteiger partial charge in [0.05, 0.1) is 0 Å². The normalized spacial score (nSPS) is 14.2. The van der Waals surface area contributed by atoms with Crippen LogP contribution in [0.1, 0.15) is 59.9 Å². The summed E-state index contributed by atoms with van der Waals surface area (Å²) >= 11 is 1.54. The molecule has 37 heavy (non-hydrogen) atoms. The van der Waals surface area contributed by atoms with Gasteiger partial charge in [0.15, 0.2) is 0 Å². The van der Waals surface area contributed by atoms with Crippen LogP contribution in [0.5, 0.6) is 0 Å². The van der Waals surface area contributed by atoms with Crippen molar-refractivity contribution in [3.05, 3.63) is 114 Å². The van der Waals surface area contributed by atoms with Crippen molar-refractivity contribution < 1.29 is 49.0 Å². The minimum atomic E-state index is 0. The van der Waals surface area contributed by atoms with E-state index in [1.165, 1.54) is 68.9 Å². The van der Waals surface area contributed by atoms with Crippen molar-refractivity contribution in [2.75, 3.05) is 0 Å². The van der Waals surface area contributed by atoms with Crippen LogP contribution in [-0.2, 0) is 24.2 Å². The summed E-state index contributed by atoms with van der Waals surface area (Å²) in [5.74, 6) is 0.522. The molecule has 1 atom stereocenters. The molecule has 0 aromatic heterocycles. The Bertz CT molecular complexity index is 1270. The monoisotopic (exact) mass is 606 g/mol. The molecule has 194 valence electrons. The molecule has 0 aliphatic heterocycles. The Labute approximate surface area is 251 Å². The van der Waals surface area contributed by atoms with E-state index >= 15 is 0 Å². The number of hydrogen-bond donors (Lipinski definition) is 0. The molecular formula is C34H38Cl2Zr-2. The first kappa shape index (κ1) is 33.4. The molecule has 0 radical (unpaired) electrons. The Morgan fingerprint density at radius 2 is 1.30 bits per heavy atom. The maximum Gasteiger partial charge on any atom is -0.0771 e. The van der Waals surface area contributed by atoms with Crippen LogP contribution in [0, 0.1) is 17.4 Å². The van der Waals surface area contributed by atoms with Crippen LogP contribution >= 0.6 is 0 Å². The van der Waals surface area contributed by atoms with Crippen LogP contribution in [0.4, 0.5) is 0 Å². The summed E-state index contributed by atoms with van der Waals surface area (Å²) in [6.07, 6.45) is 8.13. The number of benzene rings is 3. The zero-order valence-corrected chi connectivity index (χ0v) is 26.9. The van der Waals surface area contributed by atoms with Gasteiger partial charge in [-0.1, -0.05) is 88.8 Å². The van der Waals surface area contributed by atoms with Gasteiger partial charge in [0.25, 0.3) is 0 Å². The van der Waals surface area contributed by atoms with Gasteiger partial charge in [-0.05, 0) is 0 Å². The molecule has 0 nitrogen and oxygen atoms in total. The van der Waals surface area contributed by atoms with E-state index in [0.29, 0.717) is 11.3 Å². The Hall–Kier alpha value is -1.66. The second-order valence-corrected chi connectivity index (χ2v) is 11.6. The quantitative estimate of drug-likeness (QED) is 0.312. The van der Waals surface area contributed by atoms with Crippen molar-refractivity contribution in [3.8, 4) is 0 Å². The van der Waals surface area contributed by atoms with Gasteiger partial charge in [0, 0.05) is 0 Å². The number of fused-ring (bicyclic) bond motifs is 3. The summed E-state index contributed by atoms with van der Waals surface area (Å²) in [6.45, 7) is 13.4. The Balaban J connectivity index is 0.000000273. The van der Waals surface area contributed by atoms with Gasteiger partial charge < -0.3 is 24.8 Å². The average Bonchev–Trinajstić information content (AvgIpc) is 3.45. The smallest absolute Gasteiger partial charge is 0.0771 e. The minimum absolute atomic E-state index is 0. The molecule has 0 saturated heterocycles. The standard InChI is InChI=1S/C13H9.C12H19.C9H10.2ClH.Zr/c1-3-7-12-10(5-1)9-11-6-2-4-8-13(11)12;1-6-10-7-9(2)8-11(10)12(3,4)5;1-2-6-9-7-4-3-5-8-9;;;/h1-9H;8-9H,6H2,1-5H3;3-5,7-8H,2H2,1H3;2*1H;/q2*-1;;;;+2/p-2. The van der Waals surface area contributed by atoms with E-state index in [2.05, 4.69) is 139 Å². The summed E-state index contributed by atoms with van der Waals surface area (Å²) < 4.78 is 1.55. The maximum atomic E-state index is 3.48. The molecule has 0 bridgehead atoms. The van der Waals surface area contributed by atoms with Crippen LogP contribution < -0.4 is 24.8 Å². The van der Waals surface area contributed by atoms with Crippen LogP contribution in [0.3, 0.4) is 0 Å². The molecule has 0 N–H and O–H groups in total. The molecule has 4 aromatic rings. The van der Waals surface area contributed by atoms with Gasteiger partial charge in [-0.15, -0.1) is 39.7 Å². The van der Waals surface area contributed by atoms with Crippen molar-refractivity contribution in [3.63, 3.8) is 0 Å². The van der Waals surface area contributed by atoms with Crippen molar-refractivity contribution in [2.24, 2.45) is 11.3 Å². The molecule has 5 rings (SSSR count). The predicted molar refractivity (Wildman–Crippen MR) is 152 cm³/mol. The van der Waals surface area contributed by atoms with Crippen molar-refractivity contribution in [1.82, 2.24) is 0 Å². The van der Waals surface area contributed by atoms with Crippen LogP contribution in [0.2, 0.25) is 0 Å². The van der Waals surface area contributed by atoms with Gasteiger partial charge in [0.1, 0.15) is 0 Å². The molecule has 0 amide bonds. The number of rotatable bonds is 3. The van der Waals surface area contributed by atoms with Crippen LogP contribution in [-0.4, -0.2) is 3.21 Å². The maximum absolute atomic E-state index is 3.48. The summed E-state index contributed by atoms with van der Waals surface area (Å²) in [7, 11) is 0. The van der Waals surface area contributed by atoms with Gasteiger partial charge in [-0.2, -0.15) is 11.6 Å². The van der Waals surface area contributed by atoms with Gasteiger partial charge in [-0.25, -0.2) is 5.57 Å². The third kappa shape index (κ3) is 9.24. The van der Waals surface area contributed by atoms with Gasteiger partial charge >= 0.3 is 76.7 Å². The predicted octanol–water partition coefficient (Wildman–Crippen LogP) is 3.63. The van der Waals surface area contributed by atoms with E-state index in [1.54, 1.807) is 3.21 Å². The molecular weight excluding hydrogens is 571 g/mol. The van der Waals surface area contributed by atoms with Gasteiger partial charge in [0.2, 0.25) is 0 Å².